The van der Waals surface area contributed by atoms with Crippen LogP contribution in [0.1, 0.15) is 0 Å². The summed E-state index contributed by atoms with van der Waals surface area (Å²) in [6, 6.07) is 0. The molecule has 0 atom stereocenters. The minimum atomic E-state index is 0.326. The zero-order valence-electron chi connectivity index (χ0n) is 3.23. The van der Waals surface area contributed by atoms with E-state index < -0.39 is 0 Å². The standard InChI is InChI=1S/C4H4O2/c1-2-5-4-6-3-1/h2,4H2. The van der Waals surface area contributed by atoms with Crippen molar-refractivity contribution in [2.75, 3.05) is 13.4 Å². The fourth-order valence-corrected chi connectivity index (χ4v) is 0.244. The van der Waals surface area contributed by atoms with Crippen LogP contribution in [-0.2, 0) is 9.47 Å². The maximum Gasteiger partial charge on any atom is 0.200 e. The molecule has 0 saturated heterocycles. The summed E-state index contributed by atoms with van der Waals surface area (Å²) in [7, 11) is 0. The van der Waals surface area contributed by atoms with Gasteiger partial charge in [0.05, 0.1) is 0 Å². The summed E-state index contributed by atoms with van der Waals surface area (Å²) < 4.78 is 9.16. The average Bonchev–Trinajstić information content (AvgIpc) is 1.72. The first-order valence-electron chi connectivity index (χ1n) is 1.67. The van der Waals surface area contributed by atoms with Gasteiger partial charge in [-0.25, -0.2) is 0 Å². The summed E-state index contributed by atoms with van der Waals surface area (Å²) in [5.41, 5.74) is 0. The summed E-state index contributed by atoms with van der Waals surface area (Å²) in [4.78, 5) is 0. The molecule has 32 valence electrons. The molecule has 0 aromatic rings. The SMILES string of the molecule is C1#COCOC1. The highest BCUT2D eigenvalue weighted by molar-refractivity contribution is 4.92. The zero-order valence-corrected chi connectivity index (χ0v) is 3.23. The van der Waals surface area contributed by atoms with Gasteiger partial charge < -0.3 is 9.47 Å². The van der Waals surface area contributed by atoms with Gasteiger partial charge in [0, 0.05) is 0 Å². The van der Waals surface area contributed by atoms with Crippen molar-refractivity contribution in [3.05, 3.63) is 0 Å². The van der Waals surface area contributed by atoms with Gasteiger partial charge in [0.25, 0.3) is 0 Å². The summed E-state index contributed by atoms with van der Waals surface area (Å²) in [5, 5.41) is 0. The molecule has 1 heterocycles. The van der Waals surface area contributed by atoms with E-state index in [2.05, 4.69) is 21.5 Å². The largest absolute Gasteiger partial charge is 0.417 e. The number of hydrogen-bond acceptors (Lipinski definition) is 2. The van der Waals surface area contributed by atoms with Crippen LogP contribution in [0.15, 0.2) is 0 Å². The molecule has 0 spiro atoms. The molecule has 0 bridgehead atoms. The fourth-order valence-electron chi connectivity index (χ4n) is 0.244. The van der Waals surface area contributed by atoms with E-state index in [1.54, 1.807) is 0 Å². The summed E-state index contributed by atoms with van der Waals surface area (Å²) >= 11 is 0. The van der Waals surface area contributed by atoms with E-state index in [4.69, 9.17) is 0 Å². The molecule has 0 aliphatic carbocycles. The van der Waals surface area contributed by atoms with Gasteiger partial charge in [-0.3, -0.25) is 0 Å². The van der Waals surface area contributed by atoms with Gasteiger partial charge >= 0.3 is 0 Å². The van der Waals surface area contributed by atoms with Crippen LogP contribution in [0.4, 0.5) is 0 Å². The van der Waals surface area contributed by atoms with Gasteiger partial charge in [-0.05, 0) is 5.92 Å². The molecule has 1 aliphatic rings. The Morgan fingerprint density at radius 2 is 2.50 bits per heavy atom. The third-order valence-corrected chi connectivity index (χ3v) is 0.461. The van der Waals surface area contributed by atoms with Crippen molar-refractivity contribution in [2.24, 2.45) is 0 Å². The maximum atomic E-state index is 4.67. The predicted octanol–water partition coefficient (Wildman–Crippen LogP) is -0.0484. The molecule has 0 radical (unpaired) electrons. The van der Waals surface area contributed by atoms with Crippen LogP contribution in [0, 0.1) is 12.0 Å². The van der Waals surface area contributed by atoms with Gasteiger partial charge in [-0.15, -0.1) is 0 Å². The van der Waals surface area contributed by atoms with E-state index in [1.807, 2.05) is 0 Å². The molecular formula is C4H4O2. The second-order valence-corrected chi connectivity index (χ2v) is 0.889. The summed E-state index contributed by atoms with van der Waals surface area (Å²) in [6.45, 7) is 0.840. The average molecular weight is 84.1 g/mol. The zero-order chi connectivity index (χ0) is 4.24. The minimum Gasteiger partial charge on any atom is -0.417 e. The molecule has 6 heavy (non-hydrogen) atoms. The lowest BCUT2D eigenvalue weighted by molar-refractivity contribution is 0.00363. The first-order valence-corrected chi connectivity index (χ1v) is 1.67. The summed E-state index contributed by atoms with van der Waals surface area (Å²) in [6.07, 6.45) is 2.41. The van der Waals surface area contributed by atoms with Crippen molar-refractivity contribution in [2.45, 2.75) is 0 Å². The van der Waals surface area contributed by atoms with E-state index in [1.165, 1.54) is 0 Å². The fraction of sp³-hybridized carbons (Fsp3) is 0.500. The Balaban J connectivity index is 2.36. The lowest BCUT2D eigenvalue weighted by atomic mass is 10.7. The molecule has 2 heteroatoms. The quantitative estimate of drug-likeness (QED) is 0.383. The monoisotopic (exact) mass is 84.0 g/mol. The molecule has 1 aliphatic heterocycles. The first kappa shape index (κ1) is 3.51. The van der Waals surface area contributed by atoms with Gasteiger partial charge in [0.2, 0.25) is 6.79 Å². The highest BCUT2D eigenvalue weighted by Gasteiger charge is 1.84. The molecule has 0 N–H and O–H groups in total. The van der Waals surface area contributed by atoms with E-state index >= 15 is 0 Å². The van der Waals surface area contributed by atoms with Crippen LogP contribution in [0.5, 0.6) is 0 Å². The van der Waals surface area contributed by atoms with Crippen LogP contribution >= 0.6 is 0 Å². The summed E-state index contributed by atoms with van der Waals surface area (Å²) in [5.74, 6) is 2.59. The Labute approximate surface area is 36.1 Å². The number of hydrogen-bond donors (Lipinski definition) is 0. The molecule has 0 amide bonds. The smallest absolute Gasteiger partial charge is 0.200 e. The highest BCUT2D eigenvalue weighted by atomic mass is 16.7. The normalized spacial score (nSPS) is 17.3. The topological polar surface area (TPSA) is 18.5 Å². The molecule has 0 unspecified atom stereocenters. The third kappa shape index (κ3) is 0.631. The van der Waals surface area contributed by atoms with E-state index in [-0.39, 0.29) is 0 Å². The maximum absolute atomic E-state index is 4.67. The van der Waals surface area contributed by atoms with Crippen LogP contribution in [0.3, 0.4) is 0 Å². The van der Waals surface area contributed by atoms with Crippen LogP contribution in [-0.4, -0.2) is 13.4 Å². The lowest BCUT2D eigenvalue weighted by Crippen LogP contribution is -2.00. The van der Waals surface area contributed by atoms with Crippen LogP contribution < -0.4 is 0 Å². The minimum absolute atomic E-state index is 0.326. The molecule has 0 aromatic carbocycles. The third-order valence-electron chi connectivity index (χ3n) is 0.461. The molecule has 0 fully saturated rings. The van der Waals surface area contributed by atoms with Crippen molar-refractivity contribution < 1.29 is 9.47 Å². The van der Waals surface area contributed by atoms with Crippen molar-refractivity contribution in [1.29, 1.82) is 0 Å². The van der Waals surface area contributed by atoms with E-state index in [0.29, 0.717) is 13.4 Å². The van der Waals surface area contributed by atoms with E-state index in [9.17, 15) is 0 Å². The van der Waals surface area contributed by atoms with Crippen molar-refractivity contribution in [3.8, 4) is 12.0 Å². The predicted molar refractivity (Wildman–Crippen MR) is 19.7 cm³/mol. The first-order chi connectivity index (χ1) is 3.00. The Hall–Kier alpha value is -0.680. The highest BCUT2D eigenvalue weighted by Crippen LogP contribution is 1.79. The molecule has 0 aromatic heterocycles. The van der Waals surface area contributed by atoms with Crippen molar-refractivity contribution >= 4 is 0 Å². The number of rotatable bonds is 0. The lowest BCUT2D eigenvalue weighted by Gasteiger charge is -1.98. The molecule has 2 nitrogen and oxygen atoms in total. The van der Waals surface area contributed by atoms with Crippen LogP contribution in [0.25, 0.3) is 0 Å². The van der Waals surface area contributed by atoms with Gasteiger partial charge in [0.15, 0.2) is 0 Å². The number of ether oxygens (including phenoxy) is 2. The Kier molecular flexibility index (Phi) is 0.984. The molecular weight excluding hydrogens is 80.0 g/mol. The Morgan fingerprint density at radius 1 is 1.50 bits per heavy atom. The van der Waals surface area contributed by atoms with Gasteiger partial charge in [0.1, 0.15) is 12.7 Å². The van der Waals surface area contributed by atoms with Crippen molar-refractivity contribution in [3.63, 3.8) is 0 Å². The van der Waals surface area contributed by atoms with Gasteiger partial charge in [-0.1, -0.05) is 0 Å². The second-order valence-electron chi connectivity index (χ2n) is 0.889. The molecule has 1 rings (SSSR count). The second kappa shape index (κ2) is 1.68. The Morgan fingerprint density at radius 3 is 2.67 bits per heavy atom. The van der Waals surface area contributed by atoms with E-state index in [0.717, 1.165) is 0 Å². The van der Waals surface area contributed by atoms with Crippen molar-refractivity contribution in [1.82, 2.24) is 0 Å². The van der Waals surface area contributed by atoms with Crippen LogP contribution in [0.2, 0.25) is 0 Å². The van der Waals surface area contributed by atoms with Gasteiger partial charge in [-0.2, -0.15) is 0 Å². The Bertz CT molecular complexity index is 77.5. The molecule has 0 saturated carbocycles.